The van der Waals surface area contributed by atoms with Crippen molar-refractivity contribution >= 4 is 29.9 Å². The first-order chi connectivity index (χ1) is 12.7. The van der Waals surface area contributed by atoms with E-state index >= 15 is 0 Å². The Hall–Kier alpha value is -1.61. The van der Waals surface area contributed by atoms with E-state index in [2.05, 4.69) is 15.6 Å². The summed E-state index contributed by atoms with van der Waals surface area (Å²) >= 11 is 0. The molecule has 1 heterocycles. The summed E-state index contributed by atoms with van der Waals surface area (Å²) in [4.78, 5) is 4.25. The van der Waals surface area contributed by atoms with Gasteiger partial charge in [0.15, 0.2) is 5.96 Å². The normalized spacial score (nSPS) is 15.1. The molecule has 1 fully saturated rings. The Labute approximate surface area is 176 Å². The molecule has 0 spiro atoms. The van der Waals surface area contributed by atoms with Gasteiger partial charge in [-0.15, -0.1) is 24.0 Å². The summed E-state index contributed by atoms with van der Waals surface area (Å²) in [7, 11) is 1.75. The zero-order chi connectivity index (χ0) is 18.2. The molecular weight excluding hydrogens is 460 g/mol. The minimum Gasteiger partial charge on any atom is -0.467 e. The molecule has 7 heteroatoms. The Morgan fingerprint density at radius 2 is 2.11 bits per heavy atom. The molecular formula is C20H27FIN3O2. The maximum atomic E-state index is 13.5. The van der Waals surface area contributed by atoms with E-state index in [1.807, 2.05) is 18.2 Å². The summed E-state index contributed by atoms with van der Waals surface area (Å²) < 4.78 is 24.2. The smallest absolute Gasteiger partial charge is 0.191 e. The van der Waals surface area contributed by atoms with Gasteiger partial charge in [0.25, 0.3) is 0 Å². The third kappa shape index (κ3) is 6.49. The Balaban J connectivity index is 0.00000261. The Bertz CT molecular complexity index is 718. The van der Waals surface area contributed by atoms with E-state index in [0.717, 1.165) is 49.6 Å². The molecule has 0 unspecified atom stereocenters. The van der Waals surface area contributed by atoms with E-state index in [1.165, 1.54) is 6.07 Å². The number of benzene rings is 1. The highest BCUT2D eigenvalue weighted by atomic mass is 127. The molecule has 2 N–H and O–H groups in total. The van der Waals surface area contributed by atoms with Crippen LogP contribution in [0, 0.1) is 5.82 Å². The van der Waals surface area contributed by atoms with E-state index in [4.69, 9.17) is 9.15 Å². The van der Waals surface area contributed by atoms with Gasteiger partial charge in [0.2, 0.25) is 0 Å². The molecule has 1 aromatic carbocycles. The largest absolute Gasteiger partial charge is 0.467 e. The number of hydrogen-bond donors (Lipinski definition) is 2. The molecule has 0 atom stereocenters. The van der Waals surface area contributed by atoms with E-state index < -0.39 is 0 Å². The standard InChI is InChI=1S/C20H26FN3O2.HI/c1-22-19(23-10-4-11-25-14-18-7-3-12-26-18)24-15-20(8-9-20)16-5-2-6-17(21)13-16;/h2-3,5-7,12-13H,4,8-11,14-15H2,1H3,(H2,22,23,24);1H. The molecule has 0 aliphatic heterocycles. The number of ether oxygens (including phenoxy) is 1. The van der Waals surface area contributed by atoms with Crippen molar-refractivity contribution in [2.45, 2.75) is 31.3 Å². The summed E-state index contributed by atoms with van der Waals surface area (Å²) in [5.41, 5.74) is 1.10. The fourth-order valence-corrected chi connectivity index (χ4v) is 2.96. The molecule has 1 aliphatic rings. The fourth-order valence-electron chi connectivity index (χ4n) is 2.96. The lowest BCUT2D eigenvalue weighted by Gasteiger charge is -2.19. The summed E-state index contributed by atoms with van der Waals surface area (Å²) in [5.74, 6) is 1.42. The molecule has 0 amide bonds. The number of nitrogens with one attached hydrogen (secondary N) is 2. The molecule has 5 nitrogen and oxygen atoms in total. The van der Waals surface area contributed by atoms with Crippen LogP contribution in [-0.2, 0) is 16.8 Å². The minimum atomic E-state index is -0.175. The zero-order valence-electron chi connectivity index (χ0n) is 15.5. The lowest BCUT2D eigenvalue weighted by Crippen LogP contribution is -2.41. The maximum absolute atomic E-state index is 13.5. The number of hydrogen-bond acceptors (Lipinski definition) is 3. The number of nitrogens with zero attached hydrogens (tertiary/aromatic N) is 1. The van der Waals surface area contributed by atoms with Crippen LogP contribution in [0.5, 0.6) is 0 Å². The lowest BCUT2D eigenvalue weighted by molar-refractivity contribution is 0.105. The summed E-state index contributed by atoms with van der Waals surface area (Å²) in [6, 6.07) is 10.7. The molecule has 2 aromatic rings. The van der Waals surface area contributed by atoms with Crippen molar-refractivity contribution in [3.63, 3.8) is 0 Å². The van der Waals surface area contributed by atoms with Crippen LogP contribution in [0.15, 0.2) is 52.1 Å². The van der Waals surface area contributed by atoms with Crippen LogP contribution in [0.1, 0.15) is 30.6 Å². The van der Waals surface area contributed by atoms with Crippen LogP contribution >= 0.6 is 24.0 Å². The topological polar surface area (TPSA) is 58.8 Å². The van der Waals surface area contributed by atoms with Gasteiger partial charge in [-0.1, -0.05) is 12.1 Å². The highest BCUT2D eigenvalue weighted by molar-refractivity contribution is 14.0. The number of aliphatic imine (C=N–C) groups is 1. The van der Waals surface area contributed by atoms with Crippen molar-refractivity contribution in [1.29, 1.82) is 0 Å². The highest BCUT2D eigenvalue weighted by Gasteiger charge is 2.44. The molecule has 1 aliphatic carbocycles. The minimum absolute atomic E-state index is 0. The Morgan fingerprint density at radius 3 is 2.78 bits per heavy atom. The van der Waals surface area contributed by atoms with Crippen molar-refractivity contribution in [3.8, 4) is 0 Å². The van der Waals surface area contributed by atoms with E-state index in [0.29, 0.717) is 13.2 Å². The number of guanidine groups is 1. The molecule has 148 valence electrons. The van der Waals surface area contributed by atoms with Gasteiger partial charge >= 0.3 is 0 Å². The average molecular weight is 487 g/mol. The second-order valence-electron chi connectivity index (χ2n) is 6.63. The quantitative estimate of drug-likeness (QED) is 0.244. The van der Waals surface area contributed by atoms with Gasteiger partial charge in [-0.3, -0.25) is 4.99 Å². The maximum Gasteiger partial charge on any atom is 0.191 e. The van der Waals surface area contributed by atoms with Crippen molar-refractivity contribution in [1.82, 2.24) is 10.6 Å². The van der Waals surface area contributed by atoms with Crippen LogP contribution in [-0.4, -0.2) is 32.7 Å². The molecule has 0 saturated heterocycles. The van der Waals surface area contributed by atoms with E-state index in [1.54, 1.807) is 25.4 Å². The van der Waals surface area contributed by atoms with Crippen molar-refractivity contribution in [3.05, 3.63) is 59.8 Å². The van der Waals surface area contributed by atoms with Crippen LogP contribution < -0.4 is 10.6 Å². The molecule has 0 radical (unpaired) electrons. The third-order valence-corrected chi connectivity index (χ3v) is 4.69. The van der Waals surface area contributed by atoms with Gasteiger partial charge in [0.05, 0.1) is 6.26 Å². The second kappa shape index (κ2) is 10.7. The third-order valence-electron chi connectivity index (χ3n) is 4.69. The van der Waals surface area contributed by atoms with Crippen LogP contribution in [0.25, 0.3) is 0 Å². The van der Waals surface area contributed by atoms with Gasteiger partial charge in [-0.05, 0) is 49.1 Å². The van der Waals surface area contributed by atoms with Gasteiger partial charge in [-0.2, -0.15) is 0 Å². The first-order valence-electron chi connectivity index (χ1n) is 9.03. The predicted molar refractivity (Wildman–Crippen MR) is 115 cm³/mol. The number of furan rings is 1. The molecule has 1 aromatic heterocycles. The van der Waals surface area contributed by atoms with Gasteiger partial charge in [0.1, 0.15) is 18.2 Å². The van der Waals surface area contributed by atoms with Gasteiger partial charge < -0.3 is 19.8 Å². The first-order valence-corrected chi connectivity index (χ1v) is 9.03. The molecule has 27 heavy (non-hydrogen) atoms. The summed E-state index contributed by atoms with van der Waals surface area (Å²) in [6.45, 7) is 2.67. The summed E-state index contributed by atoms with van der Waals surface area (Å²) in [6.07, 6.45) is 4.66. The highest BCUT2D eigenvalue weighted by Crippen LogP contribution is 2.47. The SMILES string of the molecule is CN=C(NCCCOCc1ccco1)NCC1(c2cccc(F)c2)CC1.I. The molecule has 0 bridgehead atoms. The number of halogens is 2. The van der Waals surface area contributed by atoms with Crippen molar-refractivity contribution < 1.29 is 13.5 Å². The van der Waals surface area contributed by atoms with Crippen LogP contribution in [0.4, 0.5) is 4.39 Å². The Kier molecular flexibility index (Phi) is 8.56. The van der Waals surface area contributed by atoms with E-state index in [9.17, 15) is 4.39 Å². The summed E-state index contributed by atoms with van der Waals surface area (Å²) in [5, 5.41) is 6.65. The fraction of sp³-hybridized carbons (Fsp3) is 0.450. The van der Waals surface area contributed by atoms with Gasteiger partial charge in [-0.25, -0.2) is 4.39 Å². The monoisotopic (exact) mass is 487 g/mol. The predicted octanol–water partition coefficient (Wildman–Crippen LogP) is 3.84. The average Bonchev–Trinajstić information content (AvgIpc) is 3.27. The second-order valence-corrected chi connectivity index (χ2v) is 6.63. The molecule has 3 rings (SSSR count). The van der Waals surface area contributed by atoms with Crippen LogP contribution in [0.3, 0.4) is 0 Å². The lowest BCUT2D eigenvalue weighted by atomic mass is 9.96. The van der Waals surface area contributed by atoms with Crippen LogP contribution in [0.2, 0.25) is 0 Å². The molecule has 1 saturated carbocycles. The number of rotatable bonds is 9. The van der Waals surface area contributed by atoms with Crippen molar-refractivity contribution in [2.75, 3.05) is 26.7 Å². The van der Waals surface area contributed by atoms with E-state index in [-0.39, 0.29) is 35.2 Å². The van der Waals surface area contributed by atoms with Gasteiger partial charge in [0, 0.05) is 32.2 Å². The Morgan fingerprint density at radius 1 is 1.26 bits per heavy atom. The first kappa shape index (κ1) is 21.7. The zero-order valence-corrected chi connectivity index (χ0v) is 17.9. The van der Waals surface area contributed by atoms with Crippen molar-refractivity contribution in [2.24, 2.45) is 4.99 Å².